The molecular weight excluding hydrogens is 715 g/mol. The molecule has 0 saturated heterocycles. The van der Waals surface area contributed by atoms with Gasteiger partial charge in [0.05, 0.1) is 27.7 Å². The van der Waals surface area contributed by atoms with Gasteiger partial charge in [0.15, 0.2) is 0 Å². The minimum Gasteiger partial charge on any atom is -0.254 e. The van der Waals surface area contributed by atoms with Gasteiger partial charge in [-0.3, -0.25) is 9.97 Å². The van der Waals surface area contributed by atoms with Gasteiger partial charge >= 0.3 is 0 Å². The van der Waals surface area contributed by atoms with E-state index in [0.29, 0.717) is 0 Å². The first kappa shape index (κ1) is 33.4. The Bertz CT molecular complexity index is 3370. The summed E-state index contributed by atoms with van der Waals surface area (Å²) in [6, 6.07) is 72.7. The summed E-state index contributed by atoms with van der Waals surface area (Å²) in [5.41, 5.74) is 16.7. The van der Waals surface area contributed by atoms with Gasteiger partial charge in [-0.1, -0.05) is 170 Å². The fourth-order valence-electron chi connectivity index (χ4n) is 9.77. The summed E-state index contributed by atoms with van der Waals surface area (Å²) >= 11 is 0. The van der Waals surface area contributed by atoms with E-state index in [2.05, 4.69) is 199 Å². The number of nitrogens with zero attached hydrogens (tertiary/aromatic N) is 3. The van der Waals surface area contributed by atoms with Crippen LogP contribution in [-0.2, 0) is 5.41 Å². The zero-order valence-corrected chi connectivity index (χ0v) is 32.0. The van der Waals surface area contributed by atoms with Gasteiger partial charge in [-0.15, -0.1) is 0 Å². The first-order valence-electron chi connectivity index (χ1n) is 20.2. The number of hydrogen-bond acceptors (Lipinski definition) is 3. The molecule has 0 aliphatic heterocycles. The largest absolute Gasteiger partial charge is 0.254 e. The molecule has 0 fully saturated rings. The molecule has 11 aromatic rings. The lowest BCUT2D eigenvalue weighted by Gasteiger charge is -2.34. The SMILES string of the molecule is c1ccc(C2(c3ccccc3)c3ccccc3-c3cc4c(-c5ccc(-c6ccc(-c7ccnc8c7ccc7cccnc78)cc6)cc5)nc5ccccc5c4cc32)cc1. The van der Waals surface area contributed by atoms with E-state index in [1.807, 2.05) is 18.5 Å². The quantitative estimate of drug-likeness (QED) is 0.165. The third kappa shape index (κ3) is 5.05. The Balaban J connectivity index is 0.989. The van der Waals surface area contributed by atoms with Crippen molar-refractivity contribution in [1.29, 1.82) is 0 Å². The highest BCUT2D eigenvalue weighted by atomic mass is 14.7. The Kier molecular flexibility index (Phi) is 7.45. The van der Waals surface area contributed by atoms with E-state index in [9.17, 15) is 0 Å². The minimum absolute atomic E-state index is 0.472. The van der Waals surface area contributed by atoms with Crippen molar-refractivity contribution in [3.8, 4) is 44.6 Å². The van der Waals surface area contributed by atoms with Crippen LogP contribution in [0.1, 0.15) is 22.3 Å². The van der Waals surface area contributed by atoms with Gasteiger partial charge in [0, 0.05) is 39.5 Å². The van der Waals surface area contributed by atoms with E-state index >= 15 is 0 Å². The van der Waals surface area contributed by atoms with Crippen LogP contribution in [0.25, 0.3) is 88.1 Å². The maximum Gasteiger partial charge on any atom is 0.0970 e. The van der Waals surface area contributed by atoms with Crippen LogP contribution >= 0.6 is 0 Å². The van der Waals surface area contributed by atoms with Crippen LogP contribution < -0.4 is 0 Å². The van der Waals surface area contributed by atoms with Gasteiger partial charge in [0.2, 0.25) is 0 Å². The highest BCUT2D eigenvalue weighted by Crippen LogP contribution is 2.57. The summed E-state index contributed by atoms with van der Waals surface area (Å²) in [7, 11) is 0. The third-order valence-electron chi connectivity index (χ3n) is 12.4. The van der Waals surface area contributed by atoms with Crippen molar-refractivity contribution in [2.45, 2.75) is 5.41 Å². The molecule has 0 atom stereocenters. The summed E-state index contributed by atoms with van der Waals surface area (Å²) in [4.78, 5) is 14.8. The second kappa shape index (κ2) is 13.2. The number of rotatable bonds is 5. The van der Waals surface area contributed by atoms with Crippen molar-refractivity contribution >= 4 is 43.5 Å². The minimum atomic E-state index is -0.472. The molecule has 0 amide bonds. The summed E-state index contributed by atoms with van der Waals surface area (Å²) in [5.74, 6) is 0. The molecule has 59 heavy (non-hydrogen) atoms. The number of aromatic nitrogens is 3. The molecule has 3 heterocycles. The van der Waals surface area contributed by atoms with E-state index in [-0.39, 0.29) is 0 Å². The molecule has 0 bridgehead atoms. The summed E-state index contributed by atoms with van der Waals surface area (Å²) < 4.78 is 0. The van der Waals surface area contributed by atoms with Crippen molar-refractivity contribution in [1.82, 2.24) is 15.0 Å². The Morgan fingerprint density at radius 3 is 1.75 bits per heavy atom. The first-order chi connectivity index (χ1) is 29.3. The maximum atomic E-state index is 5.39. The number of hydrogen-bond donors (Lipinski definition) is 0. The van der Waals surface area contributed by atoms with Crippen molar-refractivity contribution in [2.24, 2.45) is 0 Å². The van der Waals surface area contributed by atoms with Gasteiger partial charge < -0.3 is 0 Å². The Morgan fingerprint density at radius 1 is 0.339 bits per heavy atom. The predicted molar refractivity (Wildman–Crippen MR) is 243 cm³/mol. The first-order valence-corrected chi connectivity index (χ1v) is 20.2. The molecule has 12 rings (SSSR count). The van der Waals surface area contributed by atoms with E-state index in [0.717, 1.165) is 71.6 Å². The number of benzene rings is 8. The summed E-state index contributed by atoms with van der Waals surface area (Å²) in [6.45, 7) is 0. The topological polar surface area (TPSA) is 38.7 Å². The van der Waals surface area contributed by atoms with Crippen molar-refractivity contribution in [3.63, 3.8) is 0 Å². The molecule has 1 aliphatic carbocycles. The Hall–Kier alpha value is -7.75. The smallest absolute Gasteiger partial charge is 0.0970 e. The molecule has 274 valence electrons. The highest BCUT2D eigenvalue weighted by molar-refractivity contribution is 6.13. The average Bonchev–Trinajstić information content (AvgIpc) is 3.61. The van der Waals surface area contributed by atoms with E-state index in [1.165, 1.54) is 38.8 Å². The molecule has 0 saturated carbocycles. The van der Waals surface area contributed by atoms with Crippen molar-refractivity contribution < 1.29 is 0 Å². The van der Waals surface area contributed by atoms with Crippen LogP contribution in [0.3, 0.4) is 0 Å². The van der Waals surface area contributed by atoms with Gasteiger partial charge in [-0.05, 0) is 91.4 Å². The fraction of sp³-hybridized carbons (Fsp3) is 0.0179. The number of fused-ring (bicyclic) bond motifs is 9. The number of pyridine rings is 3. The van der Waals surface area contributed by atoms with Gasteiger partial charge in [0.25, 0.3) is 0 Å². The lowest BCUT2D eigenvalue weighted by Crippen LogP contribution is -2.28. The molecule has 0 radical (unpaired) electrons. The zero-order chi connectivity index (χ0) is 38.9. The lowest BCUT2D eigenvalue weighted by molar-refractivity contribution is 0.769. The lowest BCUT2D eigenvalue weighted by atomic mass is 9.67. The monoisotopic (exact) mass is 749 g/mol. The Morgan fingerprint density at radius 2 is 0.983 bits per heavy atom. The maximum absolute atomic E-state index is 5.39. The van der Waals surface area contributed by atoms with Crippen LogP contribution in [0, 0.1) is 0 Å². The number of para-hydroxylation sites is 1. The van der Waals surface area contributed by atoms with E-state index < -0.39 is 5.41 Å². The fourth-order valence-corrected chi connectivity index (χ4v) is 9.77. The van der Waals surface area contributed by atoms with Crippen molar-refractivity contribution in [2.75, 3.05) is 0 Å². The Labute approximate surface area is 342 Å². The van der Waals surface area contributed by atoms with Crippen LogP contribution in [0.4, 0.5) is 0 Å². The predicted octanol–water partition coefficient (Wildman–Crippen LogP) is 13.8. The molecule has 0 spiro atoms. The molecule has 3 aromatic heterocycles. The van der Waals surface area contributed by atoms with Crippen molar-refractivity contribution in [3.05, 3.63) is 235 Å². The molecule has 0 unspecified atom stereocenters. The van der Waals surface area contributed by atoms with Gasteiger partial charge in [0.1, 0.15) is 0 Å². The third-order valence-corrected chi connectivity index (χ3v) is 12.4. The van der Waals surface area contributed by atoms with Crippen LogP contribution in [0.5, 0.6) is 0 Å². The van der Waals surface area contributed by atoms with Crippen LogP contribution in [0.2, 0.25) is 0 Å². The van der Waals surface area contributed by atoms with Gasteiger partial charge in [-0.25, -0.2) is 4.98 Å². The van der Waals surface area contributed by atoms with Crippen LogP contribution in [0.15, 0.2) is 213 Å². The molecular formula is C56H35N3. The average molecular weight is 750 g/mol. The normalized spacial score (nSPS) is 12.9. The second-order valence-corrected chi connectivity index (χ2v) is 15.5. The molecule has 8 aromatic carbocycles. The standard InChI is InChI=1S/C56H35N3/c1-3-13-41(14-4-1)56(42-15-5-2-6-16-42)50-19-9-7-17-44(50)48-34-49-47(35-51(48)56)45-18-8-10-20-52(45)59-53(49)40-27-23-37(24-28-40)36-21-25-38(26-22-36)43-31-33-58-55-46(43)30-29-39-12-11-32-57-54(39)55/h1-35H. The van der Waals surface area contributed by atoms with Crippen LogP contribution in [-0.4, -0.2) is 15.0 Å². The molecule has 3 nitrogen and oxygen atoms in total. The molecule has 3 heteroatoms. The molecule has 1 aliphatic rings. The highest BCUT2D eigenvalue weighted by Gasteiger charge is 2.46. The summed E-state index contributed by atoms with van der Waals surface area (Å²) in [6.07, 6.45) is 3.72. The summed E-state index contributed by atoms with van der Waals surface area (Å²) in [5, 5.41) is 5.71. The van der Waals surface area contributed by atoms with Gasteiger partial charge in [-0.2, -0.15) is 0 Å². The zero-order valence-electron chi connectivity index (χ0n) is 32.0. The molecule has 0 N–H and O–H groups in total. The second-order valence-electron chi connectivity index (χ2n) is 15.5. The van der Waals surface area contributed by atoms with E-state index in [1.54, 1.807) is 0 Å². The van der Waals surface area contributed by atoms with E-state index in [4.69, 9.17) is 9.97 Å².